The number of unbranched alkanes of at least 4 members (excludes halogenated alkanes) is 1. The standard InChI is InChI=1S/C21H29N5O5/c1-5-6-11-22-20-23-18-17(19(28)25(3)21(29)24(18)2)26(20)12-14(27)13-31-16-9-7-15(30-4)8-10-16/h7-10,14,17,27H,5-6,11-13H2,1-4H3/p+1. The smallest absolute Gasteiger partial charge is 0.390 e. The summed E-state index contributed by atoms with van der Waals surface area (Å²) in [6.45, 7) is 2.90. The van der Waals surface area contributed by atoms with E-state index < -0.39 is 18.2 Å². The molecule has 0 aromatic heterocycles. The Balaban J connectivity index is 1.73. The number of guanidine groups is 1. The number of benzene rings is 1. The zero-order valence-corrected chi connectivity index (χ0v) is 18.4. The molecule has 1 saturated heterocycles. The normalized spacial score (nSPS) is 19.4. The van der Waals surface area contributed by atoms with Gasteiger partial charge in [0.15, 0.2) is 0 Å². The molecule has 1 fully saturated rings. The van der Waals surface area contributed by atoms with Gasteiger partial charge in [-0.15, -0.1) is 0 Å². The van der Waals surface area contributed by atoms with Crippen molar-refractivity contribution >= 4 is 23.7 Å². The van der Waals surface area contributed by atoms with Crippen molar-refractivity contribution in [2.45, 2.75) is 31.9 Å². The molecule has 2 N–H and O–H groups in total. The fraction of sp³-hybridized carbons (Fsp3) is 0.524. The van der Waals surface area contributed by atoms with Gasteiger partial charge in [-0.05, 0) is 30.7 Å². The van der Waals surface area contributed by atoms with Gasteiger partial charge >= 0.3 is 12.0 Å². The number of aliphatic hydroxyl groups excluding tert-OH is 1. The maximum absolute atomic E-state index is 12.9. The predicted molar refractivity (Wildman–Crippen MR) is 115 cm³/mol. The topological polar surface area (TPSA) is 107 Å². The minimum Gasteiger partial charge on any atom is -0.497 e. The fourth-order valence-electron chi connectivity index (χ4n) is 3.45. The number of amidine groups is 1. The molecule has 3 amide bonds. The van der Waals surface area contributed by atoms with Crippen LogP contribution in [0.3, 0.4) is 0 Å². The van der Waals surface area contributed by atoms with Crippen LogP contribution in [0.2, 0.25) is 0 Å². The van der Waals surface area contributed by atoms with Crippen LogP contribution in [0, 0.1) is 0 Å². The molecule has 10 heteroatoms. The van der Waals surface area contributed by atoms with E-state index in [0.717, 1.165) is 17.7 Å². The number of carbonyl (C=O) groups is 2. The third kappa shape index (κ3) is 4.79. The molecule has 2 atom stereocenters. The number of imide groups is 1. The van der Waals surface area contributed by atoms with Crippen molar-refractivity contribution in [1.29, 1.82) is 0 Å². The van der Waals surface area contributed by atoms with Gasteiger partial charge in [0.05, 0.1) is 20.2 Å². The summed E-state index contributed by atoms with van der Waals surface area (Å²) in [4.78, 5) is 32.1. The Hall–Kier alpha value is -3.14. The van der Waals surface area contributed by atoms with Crippen LogP contribution >= 0.6 is 0 Å². The summed E-state index contributed by atoms with van der Waals surface area (Å²) < 4.78 is 12.5. The maximum atomic E-state index is 12.9. The number of β-amino-alcohol motifs (C(OH)–C–C–N with tert-alkyl or cyclic N) is 1. The van der Waals surface area contributed by atoms with Crippen molar-refractivity contribution in [3.63, 3.8) is 0 Å². The summed E-state index contributed by atoms with van der Waals surface area (Å²) in [5.41, 5.74) is 0. The average molecular weight is 433 g/mol. The van der Waals surface area contributed by atoms with E-state index in [1.165, 1.54) is 11.9 Å². The minimum atomic E-state index is -0.888. The number of fused-ring (bicyclic) bond motifs is 1. The number of hydrogen-bond acceptors (Lipinski definition) is 7. The lowest BCUT2D eigenvalue weighted by atomic mass is 10.1. The molecule has 10 nitrogen and oxygen atoms in total. The van der Waals surface area contributed by atoms with Crippen molar-refractivity contribution in [3.05, 3.63) is 24.3 Å². The third-order valence-corrected chi connectivity index (χ3v) is 5.25. The van der Waals surface area contributed by atoms with Crippen molar-refractivity contribution in [2.24, 2.45) is 4.99 Å². The number of urea groups is 1. The number of aliphatic hydroxyl groups is 1. The number of methoxy groups -OCH3 is 1. The van der Waals surface area contributed by atoms with Crippen LogP contribution < -0.4 is 14.8 Å². The van der Waals surface area contributed by atoms with E-state index in [4.69, 9.17) is 9.47 Å². The van der Waals surface area contributed by atoms with E-state index in [-0.39, 0.29) is 19.1 Å². The highest BCUT2D eigenvalue weighted by Crippen LogP contribution is 2.20. The second-order valence-electron chi connectivity index (χ2n) is 7.51. The van der Waals surface area contributed by atoms with Gasteiger partial charge in [0.1, 0.15) is 24.2 Å². The number of nitrogens with one attached hydrogen (secondary N) is 1. The van der Waals surface area contributed by atoms with Gasteiger partial charge in [-0.2, -0.15) is 0 Å². The van der Waals surface area contributed by atoms with E-state index in [1.807, 2.05) is 0 Å². The summed E-state index contributed by atoms with van der Waals surface area (Å²) >= 11 is 0. The lowest BCUT2D eigenvalue weighted by molar-refractivity contribution is -0.545. The fourth-order valence-corrected chi connectivity index (χ4v) is 3.45. The summed E-state index contributed by atoms with van der Waals surface area (Å²) in [6, 6.07) is 5.86. The number of aliphatic imine (C=N–C) groups is 1. The third-order valence-electron chi connectivity index (χ3n) is 5.25. The molecular weight excluding hydrogens is 402 g/mol. The Morgan fingerprint density at radius 2 is 1.87 bits per heavy atom. The lowest BCUT2D eigenvalue weighted by Gasteiger charge is -2.32. The molecule has 31 heavy (non-hydrogen) atoms. The molecule has 0 aliphatic carbocycles. The SMILES string of the molecule is CCCCNC1=[N+](CC(O)COc2ccc(OC)cc2)C2C(=O)N(C)C(=O)N(C)C2=N1. The van der Waals surface area contributed by atoms with Crippen LogP contribution in [-0.2, 0) is 4.79 Å². The molecule has 2 heterocycles. The average Bonchev–Trinajstić information content (AvgIpc) is 3.13. The zero-order valence-electron chi connectivity index (χ0n) is 18.4. The van der Waals surface area contributed by atoms with Gasteiger partial charge in [-0.25, -0.2) is 9.37 Å². The first-order chi connectivity index (χ1) is 14.9. The molecule has 0 bridgehead atoms. The number of amides is 3. The molecule has 0 spiro atoms. The molecule has 1 aromatic carbocycles. The summed E-state index contributed by atoms with van der Waals surface area (Å²) in [6.07, 6.45) is 1.04. The Bertz CT molecular complexity index is 883. The van der Waals surface area contributed by atoms with Crippen LogP contribution in [0.4, 0.5) is 4.79 Å². The van der Waals surface area contributed by atoms with E-state index in [2.05, 4.69) is 17.2 Å². The lowest BCUT2D eigenvalue weighted by Crippen LogP contribution is -2.62. The molecule has 168 valence electrons. The Morgan fingerprint density at radius 1 is 1.19 bits per heavy atom. The van der Waals surface area contributed by atoms with Gasteiger partial charge in [-0.1, -0.05) is 18.3 Å². The van der Waals surface area contributed by atoms with E-state index >= 15 is 0 Å². The highest BCUT2D eigenvalue weighted by Gasteiger charge is 2.51. The Morgan fingerprint density at radius 3 is 2.52 bits per heavy atom. The number of ether oxygens (including phenoxy) is 2. The van der Waals surface area contributed by atoms with E-state index in [9.17, 15) is 14.7 Å². The first-order valence-electron chi connectivity index (χ1n) is 10.3. The monoisotopic (exact) mass is 432 g/mol. The maximum Gasteiger partial charge on any atom is 0.390 e. The van der Waals surface area contributed by atoms with Crippen LogP contribution in [-0.4, -0.2) is 96.3 Å². The first-order valence-corrected chi connectivity index (χ1v) is 10.3. The quantitative estimate of drug-likeness (QED) is 0.435. The molecule has 0 radical (unpaired) electrons. The summed E-state index contributed by atoms with van der Waals surface area (Å²) in [5.74, 6) is 1.76. The van der Waals surface area contributed by atoms with Gasteiger partial charge in [0.25, 0.3) is 5.91 Å². The van der Waals surface area contributed by atoms with Gasteiger partial charge < -0.3 is 14.6 Å². The summed E-state index contributed by atoms with van der Waals surface area (Å²) in [7, 11) is 4.62. The van der Waals surface area contributed by atoms with E-state index in [1.54, 1.807) is 43.0 Å². The minimum absolute atomic E-state index is 0.0337. The zero-order chi connectivity index (χ0) is 22.5. The second-order valence-corrected chi connectivity index (χ2v) is 7.51. The second kappa shape index (κ2) is 9.78. The molecule has 2 aliphatic rings. The molecule has 0 saturated carbocycles. The molecule has 2 unspecified atom stereocenters. The number of hydrogen-bond donors (Lipinski definition) is 2. The van der Waals surface area contributed by atoms with Crippen LogP contribution in [0.5, 0.6) is 11.5 Å². The number of nitrogens with zero attached hydrogens (tertiary/aromatic N) is 4. The van der Waals surface area contributed by atoms with Crippen LogP contribution in [0.25, 0.3) is 0 Å². The molecule has 2 aliphatic heterocycles. The Labute approximate surface area is 181 Å². The predicted octanol–water partition coefficient (Wildman–Crippen LogP) is 0.498. The number of carbonyl (C=O) groups excluding carboxylic acids is 2. The summed E-state index contributed by atoms with van der Waals surface area (Å²) in [5, 5.41) is 13.9. The van der Waals surface area contributed by atoms with Gasteiger partial charge in [0.2, 0.25) is 11.9 Å². The number of rotatable bonds is 9. The Kier molecular flexibility index (Phi) is 7.11. The highest BCUT2D eigenvalue weighted by atomic mass is 16.5. The molecule has 3 rings (SSSR count). The first kappa shape index (κ1) is 22.5. The van der Waals surface area contributed by atoms with Gasteiger partial charge in [-0.3, -0.25) is 19.9 Å². The molecular formula is C21H30N5O5+. The van der Waals surface area contributed by atoms with Gasteiger partial charge in [0, 0.05) is 14.1 Å². The molecule has 1 aromatic rings. The van der Waals surface area contributed by atoms with Crippen molar-refractivity contribution < 1.29 is 28.7 Å². The highest BCUT2D eigenvalue weighted by molar-refractivity contribution is 6.22. The largest absolute Gasteiger partial charge is 0.497 e. The number of likely N-dealkylation sites (N-methyl/N-ethyl adjacent to an activating group) is 2. The van der Waals surface area contributed by atoms with Crippen molar-refractivity contribution in [3.8, 4) is 11.5 Å². The van der Waals surface area contributed by atoms with E-state index in [0.29, 0.717) is 29.8 Å². The van der Waals surface area contributed by atoms with Crippen LogP contribution in [0.1, 0.15) is 19.8 Å². The van der Waals surface area contributed by atoms with Crippen molar-refractivity contribution in [2.75, 3.05) is 40.9 Å². The van der Waals surface area contributed by atoms with Crippen molar-refractivity contribution in [1.82, 2.24) is 15.1 Å². The van der Waals surface area contributed by atoms with Crippen LogP contribution in [0.15, 0.2) is 29.3 Å².